The maximum atomic E-state index is 13.6. The van der Waals surface area contributed by atoms with Crippen LogP contribution in [0.5, 0.6) is 23.0 Å². The molecule has 0 radical (unpaired) electrons. The topological polar surface area (TPSA) is 150 Å². The molecule has 4 aromatic rings. The van der Waals surface area contributed by atoms with Crippen LogP contribution < -0.4 is 27.3 Å². The molecule has 13 nitrogen and oxygen atoms in total. The molecule has 4 rings (SSSR count). The largest absolute Gasteiger partial charge is 0.490 e. The van der Waals surface area contributed by atoms with Crippen LogP contribution in [0.3, 0.4) is 0 Å². The van der Waals surface area contributed by atoms with E-state index in [0.29, 0.717) is 59.3 Å². The number of benzene rings is 2. The number of nitrogens with zero attached hydrogens (tertiary/aromatic N) is 3. The van der Waals surface area contributed by atoms with Gasteiger partial charge in [-0.2, -0.15) is 13.0 Å². The molecule has 0 aliphatic carbocycles. The molecule has 3 unspecified atom stereocenters. The number of H-pyrrole nitrogens is 1. The lowest BCUT2D eigenvalue weighted by Crippen LogP contribution is -2.26. The molecule has 0 fully saturated rings. The Morgan fingerprint density at radius 3 is 2.21 bits per heavy atom. The number of rotatable bonds is 25. The van der Waals surface area contributed by atoms with Crippen LogP contribution in [0.4, 0.5) is 5.69 Å². The van der Waals surface area contributed by atoms with E-state index in [-0.39, 0.29) is 35.6 Å². The number of hydrogen-bond acceptors (Lipinski definition) is 9. The number of aromatic amines is 1. The van der Waals surface area contributed by atoms with Crippen molar-refractivity contribution in [3.8, 4) is 23.0 Å². The van der Waals surface area contributed by atoms with Gasteiger partial charge in [-0.05, 0) is 67.3 Å². The van der Waals surface area contributed by atoms with Gasteiger partial charge < -0.3 is 22.6 Å². The summed E-state index contributed by atoms with van der Waals surface area (Å²) in [5.74, 6) is 1.71. The monoisotopic (exact) mass is 836 g/mol. The summed E-state index contributed by atoms with van der Waals surface area (Å²) in [6.07, 6.45) is 7.79. The average molecular weight is 838 g/mol. The molecule has 0 spiro atoms. The van der Waals surface area contributed by atoms with Crippen molar-refractivity contribution in [3.05, 3.63) is 58.5 Å². The molecule has 0 aliphatic heterocycles. The van der Waals surface area contributed by atoms with Crippen molar-refractivity contribution in [1.82, 2.24) is 24.5 Å². The summed E-state index contributed by atoms with van der Waals surface area (Å²) in [5.41, 5.74) is 2.66. The van der Waals surface area contributed by atoms with E-state index in [2.05, 4.69) is 72.2 Å². The summed E-state index contributed by atoms with van der Waals surface area (Å²) >= 11 is 2.29. The number of hydrogen-bond donors (Lipinski definition) is 3. The molecule has 0 saturated heterocycles. The maximum Gasteiger partial charge on any atom is 0.316 e. The second-order valence-corrected chi connectivity index (χ2v) is 18.0. The molecule has 3 atom stereocenters. The van der Waals surface area contributed by atoms with Gasteiger partial charge in [0.1, 0.15) is 11.6 Å². The summed E-state index contributed by atoms with van der Waals surface area (Å²) < 4.78 is 63.5. The molecule has 0 amide bonds. The third kappa shape index (κ3) is 13.9. The molecule has 0 bridgehead atoms. The van der Waals surface area contributed by atoms with E-state index in [1.54, 1.807) is 18.2 Å². The lowest BCUT2D eigenvalue weighted by atomic mass is 9.72. The number of aryl methyl sites for hydroxylation is 1. The van der Waals surface area contributed by atoms with Crippen molar-refractivity contribution in [2.45, 2.75) is 119 Å². The summed E-state index contributed by atoms with van der Waals surface area (Å²) in [6.45, 7) is 20.8. The van der Waals surface area contributed by atoms with Gasteiger partial charge in [0, 0.05) is 25.1 Å². The Kier molecular flexibility index (Phi) is 17.3. The molecule has 312 valence electrons. The van der Waals surface area contributed by atoms with Gasteiger partial charge in [-0.3, -0.25) is 9.82 Å². The lowest BCUT2D eigenvalue weighted by molar-refractivity contribution is 0.109. The third-order valence-electron chi connectivity index (χ3n) is 8.99. The molecule has 2 heterocycles. The minimum Gasteiger partial charge on any atom is -0.490 e. The van der Waals surface area contributed by atoms with Crippen molar-refractivity contribution in [3.63, 3.8) is 0 Å². The first-order chi connectivity index (χ1) is 26.6. The first-order valence-corrected chi connectivity index (χ1v) is 22.1. The second-order valence-electron chi connectivity index (χ2n) is 15.8. The van der Waals surface area contributed by atoms with E-state index in [1.807, 2.05) is 32.9 Å². The van der Waals surface area contributed by atoms with Crippen molar-refractivity contribution in [2.24, 2.45) is 5.41 Å². The van der Waals surface area contributed by atoms with E-state index in [1.165, 1.54) is 30.3 Å². The number of fused-ring (bicyclic) bond motifs is 1. The number of unbranched alkanes of at least 4 members (excludes halogenated alkanes) is 5. The van der Waals surface area contributed by atoms with E-state index in [9.17, 15) is 8.42 Å². The van der Waals surface area contributed by atoms with Gasteiger partial charge in [0.2, 0.25) is 0 Å². The molecule has 2 aromatic heterocycles. The predicted molar refractivity (Wildman–Crippen MR) is 226 cm³/mol. The molecule has 56 heavy (non-hydrogen) atoms. The van der Waals surface area contributed by atoms with Crippen molar-refractivity contribution in [2.75, 3.05) is 37.7 Å². The number of ether oxygens (including phenoxy) is 3. The van der Waals surface area contributed by atoms with E-state index < -0.39 is 22.5 Å². The molecule has 16 heteroatoms. The molecule has 2 aromatic carbocycles. The number of halogens is 1. The Morgan fingerprint density at radius 2 is 1.52 bits per heavy atom. The fraction of sp³-hybridized carbons (Fsp3) is 0.600. The van der Waals surface area contributed by atoms with Crippen LogP contribution in [0.15, 0.2) is 36.4 Å². The average Bonchev–Trinajstić information content (AvgIpc) is 3.66. The summed E-state index contributed by atoms with van der Waals surface area (Å²) in [6, 6.07) is 10.8. The van der Waals surface area contributed by atoms with Crippen molar-refractivity contribution in [1.29, 1.82) is 0 Å². The van der Waals surface area contributed by atoms with Gasteiger partial charge in [-0.25, -0.2) is 9.71 Å². The Bertz CT molecular complexity index is 1890. The first kappa shape index (κ1) is 45.3. The summed E-state index contributed by atoms with van der Waals surface area (Å²) in [4.78, 5) is 4.51. The molecule has 3 N–H and O–H groups in total. The van der Waals surface area contributed by atoms with Crippen LogP contribution in [0.1, 0.15) is 123 Å². The smallest absolute Gasteiger partial charge is 0.316 e. The zero-order valence-electron chi connectivity index (χ0n) is 34.4. The Hall–Kier alpha value is -3.37. The highest BCUT2D eigenvalue weighted by molar-refractivity contribution is 7.82. The first-order valence-electron chi connectivity index (χ1n) is 19.5. The molecular formula is C40H61ClN6O7S2. The highest BCUT2D eigenvalue weighted by atomic mass is 35.5. The molecule has 0 aliphatic rings. The van der Waals surface area contributed by atoms with Gasteiger partial charge in [-0.15, -0.1) is 5.10 Å². The fourth-order valence-electron chi connectivity index (χ4n) is 6.44. The molecular weight excluding hydrogens is 776 g/mol. The number of anilines is 1. The van der Waals surface area contributed by atoms with Gasteiger partial charge in [0.25, 0.3) is 11.3 Å². The quantitative estimate of drug-likeness (QED) is 0.0555. The Morgan fingerprint density at radius 1 is 0.857 bits per heavy atom. The number of nitrogens with one attached hydrogen (secondary N) is 3. The Labute approximate surface area is 342 Å². The normalized spacial score (nSPS) is 13.8. The summed E-state index contributed by atoms with van der Waals surface area (Å²) in [5, 5.41) is 7.99. The van der Waals surface area contributed by atoms with Gasteiger partial charge >= 0.3 is 11.3 Å². The number of aromatic nitrogens is 4. The zero-order valence-corrected chi connectivity index (χ0v) is 36.8. The predicted octanol–water partition coefficient (Wildman–Crippen LogP) is 9.31. The summed E-state index contributed by atoms with van der Waals surface area (Å²) in [7, 11) is 0. The van der Waals surface area contributed by atoms with Crippen LogP contribution in [-0.4, -0.2) is 61.2 Å². The van der Waals surface area contributed by atoms with Crippen molar-refractivity contribution >= 4 is 45.5 Å². The van der Waals surface area contributed by atoms with Crippen molar-refractivity contribution < 1.29 is 31.0 Å². The Balaban J connectivity index is 1.47. The standard InChI is InChI=1S/C40H61ClN6O7S2/c1-10-12-13-14-15-16-21-51-32-19-17-30(40(8,9)27-39(5,6)7)24-34(32)54-56(49)46-31-18-20-33(52-23-22-50-11-2)35(25-31)53-55(48)42-26-28(3)37-43-38-36(41)29(4)44-47(38)45-37/h17-20,24-25,28,42,44,46H,10-16,21-23,26-27H2,1-9H3. The van der Waals surface area contributed by atoms with Crippen LogP contribution >= 0.6 is 11.6 Å². The SMILES string of the molecule is CCCCCCCCOc1ccc(C(C)(C)CC(C)(C)C)cc1OS(=O)Nc1ccc(OCCOCC)c(OS(=O)NCC(C)c2nc3c(Cl)c(C)[nH]n3n2)c1. The van der Waals surface area contributed by atoms with Crippen LogP contribution in [0.25, 0.3) is 5.65 Å². The fourth-order valence-corrected chi connectivity index (χ4v) is 8.00. The zero-order chi connectivity index (χ0) is 40.9. The minimum atomic E-state index is -2.04. The van der Waals surface area contributed by atoms with Crippen LogP contribution in [0.2, 0.25) is 5.02 Å². The lowest BCUT2D eigenvalue weighted by Gasteiger charge is -2.33. The van der Waals surface area contributed by atoms with Crippen LogP contribution in [-0.2, 0) is 32.7 Å². The van der Waals surface area contributed by atoms with Crippen LogP contribution in [0, 0.1) is 12.3 Å². The highest BCUT2D eigenvalue weighted by Crippen LogP contribution is 2.40. The minimum absolute atomic E-state index is 0.0960. The van der Waals surface area contributed by atoms with Gasteiger partial charge in [-0.1, -0.05) is 98.2 Å². The van der Waals surface area contributed by atoms with Gasteiger partial charge in [0.05, 0.1) is 24.6 Å². The van der Waals surface area contributed by atoms with E-state index in [4.69, 9.17) is 34.2 Å². The molecule has 0 saturated carbocycles. The second kappa shape index (κ2) is 21.4. The maximum absolute atomic E-state index is 13.6. The van der Waals surface area contributed by atoms with Gasteiger partial charge in [0.15, 0.2) is 34.5 Å². The van der Waals surface area contributed by atoms with E-state index in [0.717, 1.165) is 30.5 Å². The highest BCUT2D eigenvalue weighted by Gasteiger charge is 2.29. The van der Waals surface area contributed by atoms with E-state index >= 15 is 0 Å². The third-order valence-corrected chi connectivity index (χ3v) is 10.9.